The van der Waals surface area contributed by atoms with Crippen molar-refractivity contribution >= 4 is 17.9 Å². The van der Waals surface area contributed by atoms with Crippen LogP contribution in [0.1, 0.15) is 132 Å². The van der Waals surface area contributed by atoms with Gasteiger partial charge in [-0.3, -0.25) is 9.59 Å². The first kappa shape index (κ1) is 31.8. The predicted octanol–water partition coefficient (Wildman–Crippen LogP) is 8.06. The van der Waals surface area contributed by atoms with Crippen LogP contribution >= 0.6 is 0 Å². The van der Waals surface area contributed by atoms with Gasteiger partial charge in [0.05, 0.1) is 20.0 Å². The lowest BCUT2D eigenvalue weighted by atomic mass is 9.30. The third-order valence-corrected chi connectivity index (χ3v) is 15.5. The summed E-state index contributed by atoms with van der Waals surface area (Å²) in [6.07, 6.45) is 10.0. The van der Waals surface area contributed by atoms with E-state index >= 15 is 0 Å². The van der Waals surface area contributed by atoms with Crippen molar-refractivity contribution in [3.05, 3.63) is 0 Å². The van der Waals surface area contributed by atoms with Gasteiger partial charge in [-0.15, -0.1) is 0 Å². The van der Waals surface area contributed by atoms with Crippen LogP contribution in [0.4, 0.5) is 0 Å². The van der Waals surface area contributed by atoms with Crippen molar-refractivity contribution in [3.63, 3.8) is 0 Å². The van der Waals surface area contributed by atoms with Crippen LogP contribution in [-0.4, -0.2) is 35.7 Å². The third-order valence-electron chi connectivity index (χ3n) is 15.5. The van der Waals surface area contributed by atoms with Gasteiger partial charge < -0.3 is 14.6 Å². The SMILES string of the molecule is COC(=O)CCC(=O)OC1(C(=O)O)CCC(C)(C)[C@@H]2CC[C@]3(C)[C@H](CC[C@@H]4[C@@H]5[C@@H](C)[C@H](C)CC[C@]5(C)CC[C@]43C)[C@]21C. The molecule has 0 aromatic rings. The minimum absolute atomic E-state index is 0.0462. The molecule has 11 atom stereocenters. The third kappa shape index (κ3) is 4.18. The molecule has 0 aliphatic heterocycles. The zero-order valence-electron chi connectivity index (χ0n) is 27.9. The molecule has 6 nitrogen and oxygen atoms in total. The topological polar surface area (TPSA) is 89.9 Å². The first-order chi connectivity index (χ1) is 19.4. The maximum absolute atomic E-state index is 13.6. The smallest absolute Gasteiger partial charge is 0.348 e. The first-order valence-corrected chi connectivity index (χ1v) is 17.0. The summed E-state index contributed by atoms with van der Waals surface area (Å²) in [4.78, 5) is 38.7. The Morgan fingerprint density at radius 3 is 2.05 bits per heavy atom. The van der Waals surface area contributed by atoms with Crippen molar-refractivity contribution in [1.82, 2.24) is 0 Å². The summed E-state index contributed by atoms with van der Waals surface area (Å²) in [6.45, 7) is 19.4. The number of rotatable bonds is 5. The van der Waals surface area contributed by atoms with Gasteiger partial charge in [0, 0.05) is 5.41 Å². The number of fused-ring (bicyclic) bond motifs is 7. The van der Waals surface area contributed by atoms with Crippen LogP contribution in [0, 0.1) is 62.6 Å². The van der Waals surface area contributed by atoms with Gasteiger partial charge in [-0.2, -0.15) is 0 Å². The van der Waals surface area contributed by atoms with E-state index in [4.69, 9.17) is 9.47 Å². The van der Waals surface area contributed by atoms with E-state index in [0.29, 0.717) is 36.0 Å². The molecule has 0 radical (unpaired) electrons. The van der Waals surface area contributed by atoms with Crippen molar-refractivity contribution in [2.75, 3.05) is 7.11 Å². The molecule has 238 valence electrons. The number of ether oxygens (including phenoxy) is 2. The number of esters is 2. The number of carbonyl (C=O) groups excluding carboxylic acids is 2. The Hall–Kier alpha value is -1.59. The number of carboxylic acid groups (broad SMARTS) is 1. The van der Waals surface area contributed by atoms with Crippen LogP contribution in [0.2, 0.25) is 0 Å². The standard InChI is InChI=1S/C36H58O6/c1-22-14-16-32(5)19-20-33(6)24(29(32)23(22)2)10-11-26-34(33,7)17-15-25-31(3,4)18-21-36(30(39)40,35(25,26)8)42-28(38)13-12-27(37)41-9/h22-26,29H,10-21H2,1-9H3,(H,39,40)/t22-,23+,24-,25+,26+,29+,32-,33-,34-,35+,36?/m1/s1. The molecule has 6 heteroatoms. The Kier molecular flexibility index (Phi) is 7.75. The molecule has 5 fully saturated rings. The Morgan fingerprint density at radius 2 is 1.40 bits per heavy atom. The number of carbonyl (C=O) groups is 3. The molecule has 0 heterocycles. The number of hydrogen-bond acceptors (Lipinski definition) is 5. The zero-order chi connectivity index (χ0) is 31.1. The monoisotopic (exact) mass is 586 g/mol. The predicted molar refractivity (Wildman–Crippen MR) is 162 cm³/mol. The number of hydrogen-bond donors (Lipinski definition) is 1. The highest BCUT2D eigenvalue weighted by atomic mass is 16.6. The van der Waals surface area contributed by atoms with Crippen LogP contribution in [0.15, 0.2) is 0 Å². The Balaban J connectivity index is 1.58. The Bertz CT molecular complexity index is 1110. The highest BCUT2D eigenvalue weighted by Crippen LogP contribution is 2.78. The molecule has 0 aromatic heterocycles. The summed E-state index contributed by atoms with van der Waals surface area (Å²) < 4.78 is 11.0. The molecule has 42 heavy (non-hydrogen) atoms. The van der Waals surface area contributed by atoms with Crippen molar-refractivity contribution in [3.8, 4) is 0 Å². The van der Waals surface area contributed by atoms with E-state index in [9.17, 15) is 19.5 Å². The maximum Gasteiger partial charge on any atom is 0.348 e. The lowest BCUT2D eigenvalue weighted by Gasteiger charge is -2.75. The van der Waals surface area contributed by atoms with E-state index in [1.165, 1.54) is 32.8 Å². The molecule has 5 aliphatic carbocycles. The van der Waals surface area contributed by atoms with E-state index < -0.39 is 28.9 Å². The molecule has 1 unspecified atom stereocenters. The normalized spacial score (nSPS) is 49.4. The molecule has 0 saturated heterocycles. The fourth-order valence-electron chi connectivity index (χ4n) is 12.7. The van der Waals surface area contributed by atoms with Gasteiger partial charge in [-0.05, 0) is 121 Å². The van der Waals surface area contributed by atoms with Crippen molar-refractivity contribution < 1.29 is 29.0 Å². The van der Waals surface area contributed by atoms with Crippen LogP contribution in [-0.2, 0) is 23.9 Å². The molecule has 5 aliphatic rings. The number of methoxy groups -OCH3 is 1. The summed E-state index contributed by atoms with van der Waals surface area (Å²) in [5.74, 6) is 0.930. The average Bonchev–Trinajstić information content (AvgIpc) is 2.92. The van der Waals surface area contributed by atoms with Gasteiger partial charge in [-0.25, -0.2) is 4.79 Å². The van der Waals surface area contributed by atoms with E-state index in [1.807, 2.05) is 0 Å². The van der Waals surface area contributed by atoms with Crippen LogP contribution in [0.5, 0.6) is 0 Å². The lowest BCUT2D eigenvalue weighted by Crippen LogP contribution is -2.74. The molecular formula is C36H58O6. The summed E-state index contributed by atoms with van der Waals surface area (Å²) >= 11 is 0. The minimum atomic E-state index is -1.61. The largest absolute Gasteiger partial charge is 0.478 e. The van der Waals surface area contributed by atoms with Gasteiger partial charge in [-0.1, -0.05) is 55.4 Å². The highest BCUT2D eigenvalue weighted by Gasteiger charge is 2.76. The van der Waals surface area contributed by atoms with E-state index in [1.54, 1.807) is 0 Å². The van der Waals surface area contributed by atoms with Gasteiger partial charge in [0.15, 0.2) is 0 Å². The highest BCUT2D eigenvalue weighted by molar-refractivity contribution is 5.85. The van der Waals surface area contributed by atoms with E-state index in [-0.39, 0.29) is 40.9 Å². The van der Waals surface area contributed by atoms with Crippen molar-refractivity contribution in [1.29, 1.82) is 0 Å². The number of carboxylic acids is 1. The lowest BCUT2D eigenvalue weighted by molar-refractivity contribution is -0.294. The summed E-state index contributed by atoms with van der Waals surface area (Å²) in [7, 11) is 1.30. The molecule has 0 aromatic carbocycles. The fraction of sp³-hybridized carbons (Fsp3) is 0.917. The van der Waals surface area contributed by atoms with Gasteiger partial charge in [0.25, 0.3) is 0 Å². The van der Waals surface area contributed by atoms with Crippen LogP contribution < -0.4 is 0 Å². The first-order valence-electron chi connectivity index (χ1n) is 17.0. The molecule has 5 saturated carbocycles. The van der Waals surface area contributed by atoms with Gasteiger partial charge in [0.2, 0.25) is 5.60 Å². The molecule has 0 spiro atoms. The summed E-state index contributed by atoms with van der Waals surface area (Å²) in [5, 5.41) is 11.1. The zero-order valence-corrected chi connectivity index (χ0v) is 27.9. The van der Waals surface area contributed by atoms with Crippen molar-refractivity contribution in [2.45, 2.75) is 138 Å². The second-order valence-corrected chi connectivity index (χ2v) is 17.2. The number of aliphatic carboxylic acids is 1. The molecule has 5 rings (SSSR count). The average molecular weight is 587 g/mol. The molecule has 0 amide bonds. The summed E-state index contributed by atoms with van der Waals surface area (Å²) in [6, 6.07) is 0. The van der Waals surface area contributed by atoms with E-state index in [0.717, 1.165) is 31.6 Å². The van der Waals surface area contributed by atoms with Crippen LogP contribution in [0.25, 0.3) is 0 Å². The van der Waals surface area contributed by atoms with Gasteiger partial charge >= 0.3 is 17.9 Å². The second-order valence-electron chi connectivity index (χ2n) is 17.2. The molecule has 0 bridgehead atoms. The Morgan fingerprint density at radius 1 is 0.738 bits per heavy atom. The Labute approximate surface area is 254 Å². The maximum atomic E-state index is 13.6. The second kappa shape index (κ2) is 10.2. The quantitative estimate of drug-likeness (QED) is 0.328. The molecular weight excluding hydrogens is 528 g/mol. The van der Waals surface area contributed by atoms with Crippen molar-refractivity contribution in [2.24, 2.45) is 62.6 Å². The summed E-state index contributed by atoms with van der Waals surface area (Å²) in [5.41, 5.74) is -1.91. The van der Waals surface area contributed by atoms with Gasteiger partial charge in [0.1, 0.15) is 0 Å². The fourth-order valence-corrected chi connectivity index (χ4v) is 12.7. The van der Waals surface area contributed by atoms with E-state index in [2.05, 4.69) is 55.4 Å². The minimum Gasteiger partial charge on any atom is -0.478 e. The van der Waals surface area contributed by atoms with Crippen LogP contribution in [0.3, 0.4) is 0 Å². The molecule has 1 N–H and O–H groups in total.